The third-order valence-electron chi connectivity index (χ3n) is 6.46. The summed E-state index contributed by atoms with van der Waals surface area (Å²) in [6, 6.07) is 4.08. The lowest BCUT2D eigenvalue weighted by Crippen LogP contribution is -2.43. The van der Waals surface area contributed by atoms with Gasteiger partial charge in [-0.1, -0.05) is 6.07 Å². The molecule has 2 aliphatic rings. The highest BCUT2D eigenvalue weighted by atomic mass is 19.1. The van der Waals surface area contributed by atoms with Crippen molar-refractivity contribution >= 4 is 5.91 Å². The van der Waals surface area contributed by atoms with Crippen LogP contribution in [0.3, 0.4) is 0 Å². The summed E-state index contributed by atoms with van der Waals surface area (Å²) in [5.74, 6) is -0.978. The van der Waals surface area contributed by atoms with Crippen molar-refractivity contribution in [1.82, 2.24) is 29.6 Å². The van der Waals surface area contributed by atoms with Crippen LogP contribution in [0.2, 0.25) is 0 Å². The number of ether oxygens (including phenoxy) is 2. The molecule has 12 heteroatoms. The number of aromatic hydroxyl groups is 1. The van der Waals surface area contributed by atoms with Gasteiger partial charge in [-0.25, -0.2) is 19.0 Å². The van der Waals surface area contributed by atoms with Crippen LogP contribution in [-0.4, -0.2) is 61.8 Å². The van der Waals surface area contributed by atoms with E-state index in [1.165, 1.54) is 33.8 Å². The lowest BCUT2D eigenvalue weighted by atomic mass is 9.80. The maximum atomic E-state index is 13.9. The number of fused-ring (bicyclic) bond motifs is 2. The van der Waals surface area contributed by atoms with Crippen LogP contribution >= 0.6 is 0 Å². The number of rotatable bonds is 4. The predicted molar refractivity (Wildman–Crippen MR) is 120 cm³/mol. The Morgan fingerprint density at radius 1 is 1.26 bits per heavy atom. The third kappa shape index (κ3) is 4.30. The van der Waals surface area contributed by atoms with Gasteiger partial charge < -0.3 is 19.9 Å². The molecule has 0 radical (unpaired) electrons. The zero-order chi connectivity index (χ0) is 24.6. The number of nitrogens with one attached hydrogen (secondary N) is 1. The number of halogens is 1. The van der Waals surface area contributed by atoms with Crippen molar-refractivity contribution in [2.75, 3.05) is 26.4 Å². The van der Waals surface area contributed by atoms with Gasteiger partial charge in [0, 0.05) is 19.8 Å². The quantitative estimate of drug-likeness (QED) is 0.560. The Hall–Kier alpha value is -3.64. The highest BCUT2D eigenvalue weighted by Crippen LogP contribution is 2.35. The Morgan fingerprint density at radius 3 is 2.80 bits per heavy atom. The van der Waals surface area contributed by atoms with Crippen molar-refractivity contribution < 1.29 is 23.8 Å². The molecular weight excluding hydrogens is 459 g/mol. The van der Waals surface area contributed by atoms with E-state index in [9.17, 15) is 19.1 Å². The molecule has 184 valence electrons. The van der Waals surface area contributed by atoms with E-state index in [0.717, 1.165) is 0 Å². The molecule has 0 aliphatic carbocycles. The summed E-state index contributed by atoms with van der Waals surface area (Å²) in [6.07, 6.45) is 2.62. The Labute approximate surface area is 199 Å². The van der Waals surface area contributed by atoms with Gasteiger partial charge in [-0.2, -0.15) is 5.10 Å². The van der Waals surface area contributed by atoms with Crippen LogP contribution in [-0.2, 0) is 28.0 Å². The van der Waals surface area contributed by atoms with E-state index in [0.29, 0.717) is 62.2 Å². The number of aryl methyl sites for hydroxylation is 1. The first-order chi connectivity index (χ1) is 16.9. The molecule has 1 amide bonds. The van der Waals surface area contributed by atoms with Crippen LogP contribution < -0.4 is 10.9 Å². The number of nitrogens with zero attached hydrogens (tertiary/aromatic N) is 5. The number of benzene rings is 1. The number of carbonyl (C=O) groups excluding carboxylic acids is 1. The Bertz CT molecular complexity index is 1330. The number of aromatic nitrogens is 5. The minimum Gasteiger partial charge on any atom is -0.501 e. The second-order valence-corrected chi connectivity index (χ2v) is 8.73. The number of amides is 1. The van der Waals surface area contributed by atoms with Crippen molar-refractivity contribution in [2.45, 2.75) is 38.3 Å². The summed E-state index contributed by atoms with van der Waals surface area (Å²) < 4.78 is 28.0. The van der Waals surface area contributed by atoms with E-state index < -0.39 is 28.4 Å². The standard InChI is InChI=1S/C23H25FN6O5/c1-14-26-13-30(28-14)17-10-16(24)3-2-15(17)11-25-20(32)18-19(31)21(33)29-6-9-35-12-23(22(29)27-18)4-7-34-8-5-23/h2-3,10,13,31H,4-9,11-12H2,1H3,(H,25,32). The summed E-state index contributed by atoms with van der Waals surface area (Å²) in [5.41, 5.74) is -0.647. The number of hydrogen-bond acceptors (Lipinski definition) is 8. The van der Waals surface area contributed by atoms with E-state index in [1.54, 1.807) is 6.92 Å². The average molecular weight is 484 g/mol. The zero-order valence-corrected chi connectivity index (χ0v) is 19.2. The molecule has 1 saturated heterocycles. The maximum absolute atomic E-state index is 13.9. The van der Waals surface area contributed by atoms with Gasteiger partial charge in [0.05, 0.1) is 30.9 Å². The molecule has 1 aromatic carbocycles. The van der Waals surface area contributed by atoms with Crippen LogP contribution in [0, 0.1) is 12.7 Å². The number of hydrogen-bond donors (Lipinski definition) is 2. The van der Waals surface area contributed by atoms with Crippen molar-refractivity contribution in [3.8, 4) is 11.4 Å². The summed E-state index contributed by atoms with van der Waals surface area (Å²) in [5, 5.41) is 17.5. The largest absolute Gasteiger partial charge is 0.501 e. The molecule has 0 saturated carbocycles. The average Bonchev–Trinajstić information content (AvgIpc) is 3.22. The molecular formula is C23H25FN6O5. The summed E-state index contributed by atoms with van der Waals surface area (Å²) in [7, 11) is 0. The van der Waals surface area contributed by atoms with E-state index in [-0.39, 0.29) is 18.8 Å². The second-order valence-electron chi connectivity index (χ2n) is 8.73. The van der Waals surface area contributed by atoms with Crippen molar-refractivity contribution in [1.29, 1.82) is 0 Å². The normalized spacial score (nSPS) is 17.1. The van der Waals surface area contributed by atoms with Crippen molar-refractivity contribution in [3.63, 3.8) is 0 Å². The van der Waals surface area contributed by atoms with Crippen LogP contribution in [0.1, 0.15) is 40.5 Å². The second kappa shape index (κ2) is 9.19. The minimum atomic E-state index is -0.722. The van der Waals surface area contributed by atoms with Gasteiger partial charge in [-0.3, -0.25) is 14.2 Å². The van der Waals surface area contributed by atoms with Crippen molar-refractivity contribution in [2.24, 2.45) is 0 Å². The molecule has 3 aromatic rings. The van der Waals surface area contributed by atoms with Crippen molar-refractivity contribution in [3.05, 3.63) is 63.6 Å². The van der Waals surface area contributed by atoms with E-state index in [4.69, 9.17) is 9.47 Å². The summed E-state index contributed by atoms with van der Waals surface area (Å²) in [4.78, 5) is 34.7. The molecule has 1 spiro atoms. The highest BCUT2D eigenvalue weighted by molar-refractivity contribution is 5.94. The van der Waals surface area contributed by atoms with Crippen LogP contribution in [0.4, 0.5) is 4.39 Å². The first-order valence-corrected chi connectivity index (χ1v) is 11.3. The monoisotopic (exact) mass is 484 g/mol. The van der Waals surface area contributed by atoms with Gasteiger partial charge in [-0.15, -0.1) is 0 Å². The van der Waals surface area contributed by atoms with Crippen LogP contribution in [0.5, 0.6) is 5.75 Å². The predicted octanol–water partition coefficient (Wildman–Crippen LogP) is 0.986. The molecule has 0 unspecified atom stereocenters. The van der Waals surface area contributed by atoms with Gasteiger partial charge in [0.2, 0.25) is 5.75 Å². The van der Waals surface area contributed by atoms with E-state index in [1.807, 2.05) is 0 Å². The Morgan fingerprint density at radius 2 is 2.06 bits per heavy atom. The van der Waals surface area contributed by atoms with Crippen LogP contribution in [0.25, 0.3) is 5.69 Å². The molecule has 2 aliphatic heterocycles. The number of carbonyl (C=O) groups is 1. The first-order valence-electron chi connectivity index (χ1n) is 11.3. The molecule has 4 heterocycles. The van der Waals surface area contributed by atoms with Gasteiger partial charge in [0.15, 0.2) is 5.69 Å². The highest BCUT2D eigenvalue weighted by Gasteiger charge is 2.41. The lowest BCUT2D eigenvalue weighted by Gasteiger charge is -2.35. The fraction of sp³-hybridized carbons (Fsp3) is 0.435. The fourth-order valence-corrected chi connectivity index (χ4v) is 4.55. The molecule has 0 bridgehead atoms. The molecule has 5 rings (SSSR count). The molecule has 2 aromatic heterocycles. The SMILES string of the molecule is Cc1ncn(-c2cc(F)ccc2CNC(=O)c2nc3n(c(=O)c2O)CCOCC32CCOCC2)n1. The smallest absolute Gasteiger partial charge is 0.296 e. The molecule has 1 fully saturated rings. The fourth-order valence-electron chi connectivity index (χ4n) is 4.55. The summed E-state index contributed by atoms with van der Waals surface area (Å²) >= 11 is 0. The Balaban J connectivity index is 1.47. The Kier molecular flexibility index (Phi) is 6.07. The third-order valence-corrected chi connectivity index (χ3v) is 6.46. The molecule has 35 heavy (non-hydrogen) atoms. The topological polar surface area (TPSA) is 133 Å². The molecule has 11 nitrogen and oxygen atoms in total. The summed E-state index contributed by atoms with van der Waals surface area (Å²) in [6.45, 7) is 3.54. The van der Waals surface area contributed by atoms with Gasteiger partial charge in [0.1, 0.15) is 23.8 Å². The van der Waals surface area contributed by atoms with E-state index >= 15 is 0 Å². The van der Waals surface area contributed by atoms with E-state index in [2.05, 4.69) is 20.4 Å². The maximum Gasteiger partial charge on any atom is 0.296 e. The van der Waals surface area contributed by atoms with Gasteiger partial charge >= 0.3 is 0 Å². The van der Waals surface area contributed by atoms with Crippen LogP contribution in [0.15, 0.2) is 29.3 Å². The van der Waals surface area contributed by atoms with Gasteiger partial charge in [0.25, 0.3) is 11.5 Å². The zero-order valence-electron chi connectivity index (χ0n) is 19.2. The molecule has 2 N–H and O–H groups in total. The molecule has 0 atom stereocenters. The lowest BCUT2D eigenvalue weighted by molar-refractivity contribution is 0.00413. The van der Waals surface area contributed by atoms with Gasteiger partial charge in [-0.05, 0) is 37.5 Å². The first kappa shape index (κ1) is 23.1. The minimum absolute atomic E-state index is 0.0189.